The normalized spacial score (nSPS) is 44.3. The van der Waals surface area contributed by atoms with Gasteiger partial charge in [0.05, 0.1) is 17.8 Å². The number of esters is 1. The fourth-order valence-electron chi connectivity index (χ4n) is 5.69. The summed E-state index contributed by atoms with van der Waals surface area (Å²) in [5.74, 6) is -0.164. The number of hydrogen-bond donors (Lipinski definition) is 3. The van der Waals surface area contributed by atoms with Crippen molar-refractivity contribution in [2.24, 2.45) is 17.3 Å². The fraction of sp³-hybridized carbons (Fsp3) is 0.808. The molecule has 0 spiro atoms. The highest BCUT2D eigenvalue weighted by molar-refractivity contribution is 5.87. The molecule has 2 fully saturated rings. The lowest BCUT2D eigenvalue weighted by molar-refractivity contribution is -0.338. The van der Waals surface area contributed by atoms with Gasteiger partial charge in [0.25, 0.3) is 0 Å². The van der Waals surface area contributed by atoms with Crippen LogP contribution in [0.1, 0.15) is 74.1 Å². The van der Waals surface area contributed by atoms with E-state index in [1.54, 1.807) is 26.8 Å². The lowest BCUT2D eigenvalue weighted by Crippen LogP contribution is -2.63. The van der Waals surface area contributed by atoms with Crippen molar-refractivity contribution in [2.45, 2.75) is 117 Å². The monoisotopic (exact) mass is 466 g/mol. The fourth-order valence-corrected chi connectivity index (χ4v) is 5.69. The second kappa shape index (κ2) is 9.78. The van der Waals surface area contributed by atoms with Crippen LogP contribution in [0.3, 0.4) is 0 Å². The van der Waals surface area contributed by atoms with Gasteiger partial charge in [0.15, 0.2) is 12.4 Å². The van der Waals surface area contributed by atoms with Crippen molar-refractivity contribution >= 4 is 5.97 Å². The molecule has 2 aliphatic carbocycles. The highest BCUT2D eigenvalue weighted by Crippen LogP contribution is 2.56. The number of ether oxygens (including phenoxy) is 3. The highest BCUT2D eigenvalue weighted by atomic mass is 16.7. The first-order valence-corrected chi connectivity index (χ1v) is 12.2. The summed E-state index contributed by atoms with van der Waals surface area (Å²) >= 11 is 0. The molecule has 9 atom stereocenters. The standard InChI is InChI=1S/C26H42O7/c1-8-15(4)23(30)32-22-21(29)20(28)16(5)31-24(22)33-26(7)12-10-19(27)25(6)11-9-17(14(2)3)13-18(25)26/h8-9,14,16,18-22,24,27-29H,10-13H2,1-7H3/b15-8-/t16-,18-,19-,20+,21-,22+,24+,25-,26+/m0/s1. The van der Waals surface area contributed by atoms with E-state index < -0.39 is 48.4 Å². The molecule has 1 saturated heterocycles. The molecule has 0 amide bonds. The first-order valence-electron chi connectivity index (χ1n) is 12.2. The Bertz CT molecular complexity index is 790. The summed E-state index contributed by atoms with van der Waals surface area (Å²) in [6.45, 7) is 13.5. The predicted molar refractivity (Wildman–Crippen MR) is 124 cm³/mol. The number of carbonyl (C=O) groups excluding carboxylic acids is 1. The number of aliphatic hydroxyl groups is 3. The molecular formula is C26H42O7. The molecule has 7 heteroatoms. The maximum atomic E-state index is 12.5. The van der Waals surface area contributed by atoms with Crippen LogP contribution in [0.5, 0.6) is 0 Å². The van der Waals surface area contributed by atoms with Crippen LogP contribution in [0, 0.1) is 17.3 Å². The summed E-state index contributed by atoms with van der Waals surface area (Å²) in [5.41, 5.74) is 0.723. The van der Waals surface area contributed by atoms with Gasteiger partial charge in [-0.2, -0.15) is 0 Å². The van der Waals surface area contributed by atoms with Crippen molar-refractivity contribution < 1.29 is 34.3 Å². The molecule has 0 aromatic rings. The average molecular weight is 467 g/mol. The maximum Gasteiger partial charge on any atom is 0.333 e. The zero-order chi connectivity index (χ0) is 24.7. The van der Waals surface area contributed by atoms with Crippen LogP contribution < -0.4 is 0 Å². The molecule has 188 valence electrons. The number of aliphatic hydroxyl groups excluding tert-OH is 3. The molecule has 0 radical (unpaired) electrons. The third-order valence-electron chi connectivity index (χ3n) is 8.36. The van der Waals surface area contributed by atoms with Crippen molar-refractivity contribution in [3.8, 4) is 0 Å². The molecule has 0 aromatic carbocycles. The SMILES string of the molecule is C/C=C(/C)C(=O)O[C@H]1[C@@H](O[C@]2(C)CC[C@H](O)[C@@]3(C)CC=C(C(C)C)C[C@@H]32)O[C@@H](C)[C@@H](O)[C@@H]1O. The largest absolute Gasteiger partial charge is 0.451 e. The molecule has 33 heavy (non-hydrogen) atoms. The van der Waals surface area contributed by atoms with E-state index in [0.717, 1.165) is 12.8 Å². The summed E-state index contributed by atoms with van der Waals surface area (Å²) in [6.07, 6.45) is 0.791. The van der Waals surface area contributed by atoms with Gasteiger partial charge < -0.3 is 29.5 Å². The first kappa shape index (κ1) is 26.4. The van der Waals surface area contributed by atoms with Crippen LogP contribution in [0.25, 0.3) is 0 Å². The molecule has 3 N–H and O–H groups in total. The number of carbonyl (C=O) groups is 1. The summed E-state index contributed by atoms with van der Waals surface area (Å²) < 4.78 is 18.2. The summed E-state index contributed by atoms with van der Waals surface area (Å²) in [6, 6.07) is 0. The predicted octanol–water partition coefficient (Wildman–Crippen LogP) is 3.26. The van der Waals surface area contributed by atoms with E-state index >= 15 is 0 Å². The second-order valence-electron chi connectivity index (χ2n) is 10.9. The van der Waals surface area contributed by atoms with Crippen molar-refractivity contribution in [3.63, 3.8) is 0 Å². The summed E-state index contributed by atoms with van der Waals surface area (Å²) in [4.78, 5) is 12.5. The second-order valence-corrected chi connectivity index (χ2v) is 10.9. The van der Waals surface area contributed by atoms with Gasteiger partial charge in [-0.3, -0.25) is 0 Å². The quantitative estimate of drug-likeness (QED) is 0.324. The van der Waals surface area contributed by atoms with E-state index in [1.807, 2.05) is 6.92 Å². The molecule has 0 aromatic heterocycles. The minimum absolute atomic E-state index is 0.0210. The van der Waals surface area contributed by atoms with Crippen molar-refractivity contribution in [2.75, 3.05) is 0 Å². The van der Waals surface area contributed by atoms with Crippen LogP contribution >= 0.6 is 0 Å². The molecule has 0 bridgehead atoms. The Balaban J connectivity index is 1.91. The van der Waals surface area contributed by atoms with Crippen LogP contribution in [-0.2, 0) is 19.0 Å². The zero-order valence-electron chi connectivity index (χ0n) is 21.1. The number of hydrogen-bond acceptors (Lipinski definition) is 7. The third kappa shape index (κ3) is 4.94. The Morgan fingerprint density at radius 1 is 1.24 bits per heavy atom. The van der Waals surface area contributed by atoms with E-state index in [0.29, 0.717) is 24.3 Å². The first-order chi connectivity index (χ1) is 15.3. The zero-order valence-corrected chi connectivity index (χ0v) is 21.1. The van der Waals surface area contributed by atoms with Crippen molar-refractivity contribution in [1.82, 2.24) is 0 Å². The van der Waals surface area contributed by atoms with Crippen LogP contribution in [-0.4, -0.2) is 63.7 Å². The van der Waals surface area contributed by atoms with Crippen molar-refractivity contribution in [1.29, 1.82) is 0 Å². The molecule has 3 rings (SSSR count). The minimum atomic E-state index is -1.34. The molecule has 1 saturated carbocycles. The van der Waals surface area contributed by atoms with Crippen LogP contribution in [0.4, 0.5) is 0 Å². The Labute approximate surface area is 197 Å². The van der Waals surface area contributed by atoms with E-state index in [4.69, 9.17) is 14.2 Å². The van der Waals surface area contributed by atoms with Gasteiger partial charge in [-0.05, 0) is 65.2 Å². The smallest absolute Gasteiger partial charge is 0.333 e. The van der Waals surface area contributed by atoms with Crippen LogP contribution in [0.15, 0.2) is 23.3 Å². The molecule has 3 aliphatic rings. The Morgan fingerprint density at radius 2 is 1.91 bits per heavy atom. The van der Waals surface area contributed by atoms with E-state index in [-0.39, 0.29) is 11.3 Å². The van der Waals surface area contributed by atoms with Gasteiger partial charge in [-0.1, -0.05) is 38.5 Å². The lowest BCUT2D eigenvalue weighted by Gasteiger charge is -2.57. The van der Waals surface area contributed by atoms with Gasteiger partial charge in [-0.15, -0.1) is 0 Å². The summed E-state index contributed by atoms with van der Waals surface area (Å²) in [5, 5.41) is 32.1. The molecular weight excluding hydrogens is 424 g/mol. The van der Waals surface area contributed by atoms with Gasteiger partial charge in [-0.25, -0.2) is 4.79 Å². The Hall–Kier alpha value is -1.25. The van der Waals surface area contributed by atoms with Crippen molar-refractivity contribution in [3.05, 3.63) is 23.3 Å². The van der Waals surface area contributed by atoms with Gasteiger partial charge in [0, 0.05) is 11.0 Å². The van der Waals surface area contributed by atoms with E-state index in [1.165, 1.54) is 5.57 Å². The van der Waals surface area contributed by atoms with Crippen LogP contribution in [0.2, 0.25) is 0 Å². The van der Waals surface area contributed by atoms with Gasteiger partial charge in [0.1, 0.15) is 12.2 Å². The number of rotatable bonds is 5. The van der Waals surface area contributed by atoms with E-state index in [2.05, 4.69) is 26.8 Å². The number of allylic oxidation sites excluding steroid dienone is 3. The maximum absolute atomic E-state index is 12.5. The lowest BCUT2D eigenvalue weighted by atomic mass is 9.54. The van der Waals surface area contributed by atoms with Gasteiger partial charge in [0.2, 0.25) is 0 Å². The average Bonchev–Trinajstić information content (AvgIpc) is 2.77. The molecule has 7 nitrogen and oxygen atoms in total. The molecule has 1 heterocycles. The Kier molecular flexibility index (Phi) is 7.81. The highest BCUT2D eigenvalue weighted by Gasteiger charge is 2.57. The molecule has 1 aliphatic heterocycles. The molecule has 0 unspecified atom stereocenters. The Morgan fingerprint density at radius 3 is 2.52 bits per heavy atom. The number of fused-ring (bicyclic) bond motifs is 1. The topological polar surface area (TPSA) is 105 Å². The van der Waals surface area contributed by atoms with Gasteiger partial charge >= 0.3 is 5.97 Å². The van der Waals surface area contributed by atoms with E-state index in [9.17, 15) is 20.1 Å². The summed E-state index contributed by atoms with van der Waals surface area (Å²) in [7, 11) is 0. The minimum Gasteiger partial charge on any atom is -0.451 e. The third-order valence-corrected chi connectivity index (χ3v) is 8.36.